The van der Waals surface area contributed by atoms with Crippen LogP contribution in [-0.4, -0.2) is 24.8 Å². The first-order chi connectivity index (χ1) is 9.50. The van der Waals surface area contributed by atoms with Crippen LogP contribution in [0.1, 0.15) is 24.4 Å². The second kappa shape index (κ2) is 4.51. The predicted molar refractivity (Wildman–Crippen MR) is 73.6 cm³/mol. The smallest absolute Gasteiger partial charge is 0.330 e. The van der Waals surface area contributed by atoms with Crippen molar-refractivity contribution in [1.82, 2.24) is 14.1 Å². The van der Waals surface area contributed by atoms with Crippen LogP contribution in [0.4, 0.5) is 0 Å². The van der Waals surface area contributed by atoms with Crippen molar-refractivity contribution in [3.8, 4) is 0 Å². The fourth-order valence-electron chi connectivity index (χ4n) is 1.71. The number of aryl methyl sites for hydroxylation is 2. The highest BCUT2D eigenvalue weighted by molar-refractivity contribution is 9.10. The zero-order valence-corrected chi connectivity index (χ0v) is 11.7. The molecule has 2 heterocycles. The average Bonchev–Trinajstić information content (AvgIpc) is 2.56. The zero-order valence-electron chi connectivity index (χ0n) is 13.1. The Balaban J connectivity index is 2.67. The van der Waals surface area contributed by atoms with Crippen molar-refractivity contribution in [2.24, 2.45) is 6.98 Å². The number of imidazole rings is 1. The van der Waals surface area contributed by atoms with Crippen molar-refractivity contribution in [2.45, 2.75) is 32.4 Å². The van der Waals surface area contributed by atoms with Crippen molar-refractivity contribution < 1.29 is 9.22 Å². The summed E-state index contributed by atoms with van der Waals surface area (Å²) in [5.41, 5.74) is -1.07. The minimum atomic E-state index is -2.60. The third-order valence-corrected chi connectivity index (χ3v) is 3.12. The molecule has 0 spiro atoms. The quantitative estimate of drug-likeness (QED) is 0.936. The van der Waals surface area contributed by atoms with Gasteiger partial charge in [0.2, 0.25) is 0 Å². The van der Waals surface area contributed by atoms with Gasteiger partial charge in [0.05, 0.1) is 11.1 Å². The van der Waals surface area contributed by atoms with Crippen LogP contribution in [0, 0.1) is 0 Å². The lowest BCUT2D eigenvalue weighted by atomic mass is 10.1. The second-order valence-electron chi connectivity index (χ2n) is 4.83. The number of aromatic nitrogens is 3. The molecule has 0 unspecified atom stereocenters. The van der Waals surface area contributed by atoms with Crippen LogP contribution in [0.2, 0.25) is 0 Å². The number of rotatable bonds is 3. The van der Waals surface area contributed by atoms with Gasteiger partial charge in [-0.25, -0.2) is 9.78 Å². The maximum atomic E-state index is 12.4. The summed E-state index contributed by atoms with van der Waals surface area (Å²) >= 11 is 3.26. The Labute approximate surface area is 117 Å². The SMILES string of the molecule is [2H]C([2H])([2H])n1c(=O)n(CCC(C)(C)O)c2cc(Br)cnc21. The molecule has 2 aromatic rings. The molecule has 0 saturated carbocycles. The van der Waals surface area contributed by atoms with E-state index >= 15 is 0 Å². The van der Waals surface area contributed by atoms with E-state index in [9.17, 15) is 9.90 Å². The molecule has 6 heteroatoms. The predicted octanol–water partition coefficient (Wildman–Crippen LogP) is 1.66. The maximum absolute atomic E-state index is 12.4. The summed E-state index contributed by atoms with van der Waals surface area (Å²) in [7, 11) is 0. The first-order valence-corrected chi connectivity index (χ1v) is 6.30. The minimum absolute atomic E-state index is 0.110. The van der Waals surface area contributed by atoms with Gasteiger partial charge in [-0.2, -0.15) is 0 Å². The van der Waals surface area contributed by atoms with Crippen LogP contribution in [0.3, 0.4) is 0 Å². The van der Waals surface area contributed by atoms with Gasteiger partial charge in [-0.3, -0.25) is 9.13 Å². The Bertz CT molecular complexity index is 728. The molecule has 2 rings (SSSR count). The molecule has 0 bridgehead atoms. The summed E-state index contributed by atoms with van der Waals surface area (Å²) in [5.74, 6) is 0. The third-order valence-electron chi connectivity index (χ3n) is 2.69. The number of nitrogens with zero attached hydrogens (tertiary/aromatic N) is 3. The van der Waals surface area contributed by atoms with Crippen molar-refractivity contribution in [1.29, 1.82) is 0 Å². The molecule has 1 N–H and O–H groups in total. The Kier molecular flexibility index (Phi) is 2.44. The normalized spacial score (nSPS) is 15.4. The highest BCUT2D eigenvalue weighted by Gasteiger charge is 2.16. The van der Waals surface area contributed by atoms with E-state index in [4.69, 9.17) is 4.11 Å². The second-order valence-corrected chi connectivity index (χ2v) is 5.74. The van der Waals surface area contributed by atoms with E-state index < -0.39 is 18.3 Å². The molecular weight excluding hydrogens is 298 g/mol. The number of halogens is 1. The molecule has 2 aromatic heterocycles. The summed E-state index contributed by atoms with van der Waals surface area (Å²) in [4.78, 5) is 16.4. The van der Waals surface area contributed by atoms with Crippen LogP contribution in [-0.2, 0) is 13.5 Å². The highest BCUT2D eigenvalue weighted by atomic mass is 79.9. The molecule has 0 atom stereocenters. The molecule has 0 amide bonds. The minimum Gasteiger partial charge on any atom is -0.390 e. The number of hydrogen-bond donors (Lipinski definition) is 1. The van der Waals surface area contributed by atoms with Crippen LogP contribution in [0.5, 0.6) is 0 Å². The molecule has 0 aliphatic rings. The Hall–Kier alpha value is -1.14. The van der Waals surface area contributed by atoms with E-state index in [-0.39, 0.29) is 12.2 Å². The van der Waals surface area contributed by atoms with Gasteiger partial charge in [-0.1, -0.05) is 0 Å². The summed E-state index contributed by atoms with van der Waals surface area (Å²) in [6, 6.07) is 1.65. The van der Waals surface area contributed by atoms with Crippen LogP contribution < -0.4 is 5.69 Å². The maximum Gasteiger partial charge on any atom is 0.330 e. The van der Waals surface area contributed by atoms with Gasteiger partial charge in [0.1, 0.15) is 0 Å². The molecule has 0 aliphatic heterocycles. The van der Waals surface area contributed by atoms with E-state index in [0.29, 0.717) is 21.0 Å². The standard InChI is InChI=1S/C12H16BrN3O2/c1-12(2,18)4-5-16-9-6-8(13)7-14-10(9)15(3)11(16)17/h6-7,18H,4-5H2,1-3H3/i3D3. The topological polar surface area (TPSA) is 60.0 Å². The molecule has 0 saturated heterocycles. The van der Waals surface area contributed by atoms with E-state index in [2.05, 4.69) is 20.9 Å². The summed E-state index contributed by atoms with van der Waals surface area (Å²) in [6.07, 6.45) is 1.77. The monoisotopic (exact) mass is 316 g/mol. The first-order valence-electron chi connectivity index (χ1n) is 7.00. The molecule has 5 nitrogen and oxygen atoms in total. The van der Waals surface area contributed by atoms with Crippen LogP contribution in [0.25, 0.3) is 11.2 Å². The molecule has 98 valence electrons. The largest absolute Gasteiger partial charge is 0.390 e. The lowest BCUT2D eigenvalue weighted by Crippen LogP contribution is -2.27. The number of pyridine rings is 1. The van der Waals surface area contributed by atoms with Crippen molar-refractivity contribution in [2.75, 3.05) is 0 Å². The lowest BCUT2D eigenvalue weighted by Gasteiger charge is -2.16. The molecule has 0 radical (unpaired) electrons. The van der Waals surface area contributed by atoms with E-state index in [1.54, 1.807) is 19.9 Å². The van der Waals surface area contributed by atoms with Gasteiger partial charge in [0.15, 0.2) is 5.65 Å². The number of hydrogen-bond acceptors (Lipinski definition) is 3. The van der Waals surface area contributed by atoms with Crippen molar-refractivity contribution in [3.05, 3.63) is 27.2 Å². The van der Waals surface area contributed by atoms with Gasteiger partial charge in [0, 0.05) is 28.3 Å². The fraction of sp³-hybridized carbons (Fsp3) is 0.500. The average molecular weight is 317 g/mol. The molecular formula is C12H16BrN3O2. The van der Waals surface area contributed by atoms with Crippen LogP contribution in [0.15, 0.2) is 21.5 Å². The van der Waals surface area contributed by atoms with Crippen LogP contribution >= 0.6 is 15.9 Å². The van der Waals surface area contributed by atoms with Gasteiger partial charge in [-0.15, -0.1) is 0 Å². The van der Waals surface area contributed by atoms with E-state index in [0.717, 1.165) is 0 Å². The van der Waals surface area contributed by atoms with Crippen molar-refractivity contribution >= 4 is 27.1 Å². The molecule has 0 aliphatic carbocycles. The Morgan fingerprint density at radius 1 is 1.61 bits per heavy atom. The molecule has 0 fully saturated rings. The highest BCUT2D eigenvalue weighted by Crippen LogP contribution is 2.17. The Morgan fingerprint density at radius 3 is 2.94 bits per heavy atom. The summed E-state index contributed by atoms with van der Waals surface area (Å²) in [5, 5.41) is 9.81. The summed E-state index contributed by atoms with van der Waals surface area (Å²) in [6.45, 7) is 0.875. The Morgan fingerprint density at radius 2 is 2.33 bits per heavy atom. The lowest BCUT2D eigenvalue weighted by molar-refractivity contribution is 0.0662. The van der Waals surface area contributed by atoms with E-state index in [1.807, 2.05) is 0 Å². The first kappa shape index (κ1) is 9.75. The molecule has 0 aromatic carbocycles. The van der Waals surface area contributed by atoms with Gasteiger partial charge in [0.25, 0.3) is 0 Å². The van der Waals surface area contributed by atoms with Crippen molar-refractivity contribution in [3.63, 3.8) is 0 Å². The number of fused-ring (bicyclic) bond motifs is 1. The van der Waals surface area contributed by atoms with Gasteiger partial charge >= 0.3 is 5.69 Å². The third kappa shape index (κ3) is 2.49. The zero-order chi connectivity index (χ0) is 16.0. The number of aliphatic hydroxyl groups is 1. The van der Waals surface area contributed by atoms with Gasteiger partial charge in [-0.05, 0) is 42.3 Å². The fourth-order valence-corrected chi connectivity index (χ4v) is 2.03. The summed E-state index contributed by atoms with van der Waals surface area (Å²) < 4.78 is 25.2. The van der Waals surface area contributed by atoms with Gasteiger partial charge < -0.3 is 5.11 Å². The molecule has 18 heavy (non-hydrogen) atoms. The van der Waals surface area contributed by atoms with E-state index in [1.165, 1.54) is 10.8 Å².